The SMILES string of the molecule is Cc1noc(C)c1-c1cc(NC(=O)c2c(F)cnn2C)ccc1OC[C@H]1CCCCN1. The Bertz CT molecular complexity index is 1050. The van der Waals surface area contributed by atoms with Crippen molar-refractivity contribution in [3.63, 3.8) is 0 Å². The molecule has 1 saturated heterocycles. The number of nitrogens with zero attached hydrogens (tertiary/aromatic N) is 3. The van der Waals surface area contributed by atoms with Gasteiger partial charge in [-0.2, -0.15) is 5.10 Å². The lowest BCUT2D eigenvalue weighted by atomic mass is 10.0. The quantitative estimate of drug-likeness (QED) is 0.624. The molecule has 1 aliphatic rings. The molecule has 3 heterocycles. The van der Waals surface area contributed by atoms with E-state index in [0.29, 0.717) is 29.8 Å². The van der Waals surface area contributed by atoms with Crippen molar-refractivity contribution in [3.05, 3.63) is 47.4 Å². The van der Waals surface area contributed by atoms with E-state index in [1.165, 1.54) is 24.6 Å². The van der Waals surface area contributed by atoms with E-state index in [1.807, 2.05) is 13.8 Å². The topological polar surface area (TPSA) is 94.2 Å². The second kappa shape index (κ2) is 8.89. The lowest BCUT2D eigenvalue weighted by Gasteiger charge is -2.24. The van der Waals surface area contributed by atoms with Crippen LogP contribution >= 0.6 is 0 Å². The van der Waals surface area contributed by atoms with Crippen molar-refractivity contribution in [2.45, 2.75) is 39.2 Å². The number of halogens is 1. The number of benzene rings is 1. The number of carbonyl (C=O) groups is 1. The lowest BCUT2D eigenvalue weighted by Crippen LogP contribution is -2.38. The molecule has 1 aliphatic heterocycles. The van der Waals surface area contributed by atoms with Gasteiger partial charge in [0.25, 0.3) is 5.91 Å². The molecule has 0 bridgehead atoms. The Kier molecular flexibility index (Phi) is 6.03. The third-order valence-electron chi connectivity index (χ3n) is 5.50. The number of aryl methyl sites for hydroxylation is 3. The molecule has 0 spiro atoms. The third-order valence-corrected chi connectivity index (χ3v) is 5.50. The number of hydrogen-bond acceptors (Lipinski definition) is 6. The first-order valence-corrected chi connectivity index (χ1v) is 10.4. The number of anilines is 1. The number of nitrogens with one attached hydrogen (secondary N) is 2. The van der Waals surface area contributed by atoms with Gasteiger partial charge in [-0.05, 0) is 51.4 Å². The first-order chi connectivity index (χ1) is 14.9. The Morgan fingerprint density at radius 3 is 2.87 bits per heavy atom. The van der Waals surface area contributed by atoms with Crippen molar-refractivity contribution in [3.8, 4) is 16.9 Å². The van der Waals surface area contributed by atoms with E-state index in [0.717, 1.165) is 36.0 Å². The molecule has 8 nitrogen and oxygen atoms in total. The second-order valence-electron chi connectivity index (χ2n) is 7.79. The summed E-state index contributed by atoms with van der Waals surface area (Å²) < 4.78 is 26.6. The van der Waals surface area contributed by atoms with Gasteiger partial charge in [0.2, 0.25) is 0 Å². The average molecular weight is 427 g/mol. The van der Waals surface area contributed by atoms with Gasteiger partial charge in [-0.15, -0.1) is 0 Å². The van der Waals surface area contributed by atoms with Gasteiger partial charge in [0.15, 0.2) is 11.5 Å². The maximum Gasteiger partial charge on any atom is 0.276 e. The number of aromatic nitrogens is 3. The highest BCUT2D eigenvalue weighted by molar-refractivity contribution is 6.03. The molecule has 0 unspecified atom stereocenters. The van der Waals surface area contributed by atoms with E-state index in [9.17, 15) is 9.18 Å². The van der Waals surface area contributed by atoms with Crippen LogP contribution in [0.1, 0.15) is 41.2 Å². The summed E-state index contributed by atoms with van der Waals surface area (Å²) in [5.41, 5.74) is 2.66. The molecule has 1 amide bonds. The molecule has 4 rings (SSSR count). The van der Waals surface area contributed by atoms with Crippen molar-refractivity contribution in [1.82, 2.24) is 20.3 Å². The number of carbonyl (C=O) groups excluding carboxylic acids is 1. The predicted molar refractivity (Wildman–Crippen MR) is 114 cm³/mol. The van der Waals surface area contributed by atoms with E-state index in [4.69, 9.17) is 9.26 Å². The van der Waals surface area contributed by atoms with Crippen molar-refractivity contribution >= 4 is 11.6 Å². The van der Waals surface area contributed by atoms with Crippen molar-refractivity contribution in [1.29, 1.82) is 0 Å². The Morgan fingerprint density at radius 1 is 1.39 bits per heavy atom. The molecular formula is C22H26FN5O3. The van der Waals surface area contributed by atoms with Gasteiger partial charge < -0.3 is 19.9 Å². The summed E-state index contributed by atoms with van der Waals surface area (Å²) in [5.74, 6) is 0.0685. The van der Waals surface area contributed by atoms with Crippen LogP contribution < -0.4 is 15.4 Å². The molecular weight excluding hydrogens is 401 g/mol. The van der Waals surface area contributed by atoms with Gasteiger partial charge in [0.05, 0.1) is 17.5 Å². The van der Waals surface area contributed by atoms with E-state index < -0.39 is 11.7 Å². The first-order valence-electron chi connectivity index (χ1n) is 10.4. The zero-order valence-corrected chi connectivity index (χ0v) is 17.9. The summed E-state index contributed by atoms with van der Waals surface area (Å²) in [6, 6.07) is 5.64. The Morgan fingerprint density at radius 2 is 2.23 bits per heavy atom. The summed E-state index contributed by atoms with van der Waals surface area (Å²) in [6.07, 6.45) is 4.46. The Hall–Kier alpha value is -3.20. The van der Waals surface area contributed by atoms with Gasteiger partial charge in [0.1, 0.15) is 18.1 Å². The third kappa shape index (κ3) is 4.46. The Labute approximate surface area is 179 Å². The molecule has 1 atom stereocenters. The van der Waals surface area contributed by atoms with Crippen LogP contribution in [0.3, 0.4) is 0 Å². The van der Waals surface area contributed by atoms with Crippen LogP contribution in [0.2, 0.25) is 0 Å². The second-order valence-corrected chi connectivity index (χ2v) is 7.79. The Balaban J connectivity index is 1.62. The maximum absolute atomic E-state index is 13.9. The molecule has 0 saturated carbocycles. The minimum atomic E-state index is -0.675. The van der Waals surface area contributed by atoms with Crippen LogP contribution in [0.5, 0.6) is 5.75 Å². The first kappa shape index (κ1) is 21.0. The van der Waals surface area contributed by atoms with Crippen LogP contribution in [-0.4, -0.2) is 40.0 Å². The van der Waals surface area contributed by atoms with Gasteiger partial charge in [-0.25, -0.2) is 4.39 Å². The molecule has 164 valence electrons. The summed E-state index contributed by atoms with van der Waals surface area (Å²) in [4.78, 5) is 12.6. The van der Waals surface area contributed by atoms with Crippen LogP contribution in [0.15, 0.2) is 28.9 Å². The smallest absolute Gasteiger partial charge is 0.276 e. The molecule has 31 heavy (non-hydrogen) atoms. The summed E-state index contributed by atoms with van der Waals surface area (Å²) in [6.45, 7) is 5.23. The maximum atomic E-state index is 13.9. The minimum Gasteiger partial charge on any atom is -0.491 e. The normalized spacial score (nSPS) is 16.3. The monoisotopic (exact) mass is 427 g/mol. The van der Waals surface area contributed by atoms with Crippen molar-refractivity contribution in [2.75, 3.05) is 18.5 Å². The van der Waals surface area contributed by atoms with E-state index >= 15 is 0 Å². The van der Waals surface area contributed by atoms with Crippen LogP contribution in [0.4, 0.5) is 10.1 Å². The number of rotatable bonds is 6. The number of ether oxygens (including phenoxy) is 1. The van der Waals surface area contributed by atoms with E-state index in [1.54, 1.807) is 18.2 Å². The largest absolute Gasteiger partial charge is 0.491 e. The predicted octanol–water partition coefficient (Wildman–Crippen LogP) is 3.60. The fourth-order valence-corrected chi connectivity index (χ4v) is 3.91. The van der Waals surface area contributed by atoms with Gasteiger partial charge in [-0.3, -0.25) is 9.48 Å². The highest BCUT2D eigenvalue weighted by Crippen LogP contribution is 2.37. The molecule has 1 fully saturated rings. The highest BCUT2D eigenvalue weighted by Gasteiger charge is 2.21. The molecule has 0 radical (unpaired) electrons. The standard InChI is InChI=1S/C22H26FN5O3/c1-13-20(14(2)31-27-13)17-10-15(26-22(29)21-18(23)11-25-28(21)3)7-8-19(17)30-12-16-6-4-5-9-24-16/h7-8,10-11,16,24H,4-6,9,12H2,1-3H3,(H,26,29)/t16-/m1/s1. The van der Waals surface area contributed by atoms with Gasteiger partial charge in [0, 0.05) is 24.3 Å². The molecule has 2 aromatic heterocycles. The zero-order valence-electron chi connectivity index (χ0n) is 17.9. The summed E-state index contributed by atoms with van der Waals surface area (Å²) in [5, 5.41) is 14.0. The molecule has 2 N–H and O–H groups in total. The average Bonchev–Trinajstić information content (AvgIpc) is 3.27. The van der Waals surface area contributed by atoms with Gasteiger partial charge in [-0.1, -0.05) is 11.6 Å². The number of piperidine rings is 1. The molecule has 1 aromatic carbocycles. The van der Waals surface area contributed by atoms with Crippen LogP contribution in [0.25, 0.3) is 11.1 Å². The highest BCUT2D eigenvalue weighted by atomic mass is 19.1. The zero-order chi connectivity index (χ0) is 22.0. The fourth-order valence-electron chi connectivity index (χ4n) is 3.91. The van der Waals surface area contributed by atoms with Crippen molar-refractivity contribution in [2.24, 2.45) is 7.05 Å². The van der Waals surface area contributed by atoms with E-state index in [2.05, 4.69) is 20.9 Å². The minimum absolute atomic E-state index is 0.136. The van der Waals surface area contributed by atoms with E-state index in [-0.39, 0.29) is 5.69 Å². The van der Waals surface area contributed by atoms with Crippen molar-refractivity contribution < 1.29 is 18.4 Å². The van der Waals surface area contributed by atoms with Gasteiger partial charge >= 0.3 is 0 Å². The summed E-state index contributed by atoms with van der Waals surface area (Å²) >= 11 is 0. The van der Waals surface area contributed by atoms with Crippen LogP contribution in [0, 0.1) is 19.7 Å². The number of hydrogen-bond donors (Lipinski definition) is 2. The molecule has 9 heteroatoms. The fraction of sp³-hybridized carbons (Fsp3) is 0.409. The number of amides is 1. The summed E-state index contributed by atoms with van der Waals surface area (Å²) in [7, 11) is 1.52. The van der Waals surface area contributed by atoms with Crippen LogP contribution in [-0.2, 0) is 7.05 Å². The molecule has 0 aliphatic carbocycles. The molecule has 3 aromatic rings. The lowest BCUT2D eigenvalue weighted by molar-refractivity contribution is 0.101.